The zero-order valence-electron chi connectivity index (χ0n) is 30.8. The van der Waals surface area contributed by atoms with Gasteiger partial charge in [0.25, 0.3) is 0 Å². The second-order valence-corrected chi connectivity index (χ2v) is 23.8. The van der Waals surface area contributed by atoms with Crippen molar-refractivity contribution in [2.24, 2.45) is 0 Å². The van der Waals surface area contributed by atoms with E-state index in [1.165, 1.54) is 57.8 Å². The molecule has 3 aromatic carbocycles. The van der Waals surface area contributed by atoms with Gasteiger partial charge in [0.05, 0.1) is 11.4 Å². The van der Waals surface area contributed by atoms with Gasteiger partial charge in [0.15, 0.2) is 15.5 Å². The quantitative estimate of drug-likeness (QED) is 0.136. The van der Waals surface area contributed by atoms with E-state index in [2.05, 4.69) is 153 Å². The first-order valence-corrected chi connectivity index (χ1v) is 23.8. The number of imidazole rings is 1. The summed E-state index contributed by atoms with van der Waals surface area (Å²) in [6.45, 7) is 30.1. The average Bonchev–Trinajstić information content (AvgIpc) is 3.26. The van der Waals surface area contributed by atoms with Gasteiger partial charge in [-0.05, 0) is 68.9 Å². The molecule has 0 aliphatic carbocycles. The molecule has 0 radical (unpaired) electrons. The molecule has 2 unspecified atom stereocenters. The molecule has 0 saturated carbocycles. The van der Waals surface area contributed by atoms with Crippen LogP contribution in [0.25, 0.3) is 11.4 Å². The molecule has 7 heteroatoms. The summed E-state index contributed by atoms with van der Waals surface area (Å²) in [5.74, 6) is 2.18. The maximum absolute atomic E-state index is 7.58. The van der Waals surface area contributed by atoms with Crippen molar-refractivity contribution in [3.63, 3.8) is 0 Å². The van der Waals surface area contributed by atoms with E-state index >= 15 is 0 Å². The Hall–Kier alpha value is -1.39. The standard InChI is InChI=1S/C40H55Cl2N2P3/c1-23(2)29-17-14-18-30(24(3)4)35(29)43-38(41)39(42)44(36-31(25(5)6)19-15-20-32(36)26(7)8)40(43)46-47(45-13)37-33(27(9)10)21-16-22-34(37)28(11)12/h14-28,45H,1-13H3/p+1. The highest BCUT2D eigenvalue weighted by atomic mass is 35.5. The second kappa shape index (κ2) is 16.1. The number of nitrogens with zero attached hydrogens (tertiary/aromatic N) is 2. The van der Waals surface area contributed by atoms with E-state index < -0.39 is 7.30 Å². The van der Waals surface area contributed by atoms with Crippen LogP contribution in [0.4, 0.5) is 0 Å². The van der Waals surface area contributed by atoms with Crippen LogP contribution in [0, 0.1) is 5.20 Å². The molecule has 47 heavy (non-hydrogen) atoms. The molecule has 1 heterocycles. The number of hydrogen-bond acceptors (Lipinski definition) is 0. The van der Waals surface area contributed by atoms with Gasteiger partial charge >= 0.3 is 0 Å². The Morgan fingerprint density at radius 2 is 0.787 bits per heavy atom. The summed E-state index contributed by atoms with van der Waals surface area (Å²) in [6.07, 6.45) is 0. The summed E-state index contributed by atoms with van der Waals surface area (Å²) in [7, 11) is 0.866. The second-order valence-electron chi connectivity index (χ2n) is 14.5. The van der Waals surface area contributed by atoms with Crippen molar-refractivity contribution in [3.05, 3.63) is 103 Å². The van der Waals surface area contributed by atoms with Crippen LogP contribution >= 0.6 is 46.7 Å². The van der Waals surface area contributed by atoms with Crippen molar-refractivity contribution in [2.75, 3.05) is 6.66 Å². The van der Waals surface area contributed by atoms with Gasteiger partial charge in [-0.1, -0.05) is 161 Å². The molecule has 254 valence electrons. The maximum Gasteiger partial charge on any atom is 0.156 e. The summed E-state index contributed by atoms with van der Waals surface area (Å²) >= 11 is 15.2. The van der Waals surface area contributed by atoms with E-state index in [9.17, 15) is 0 Å². The van der Waals surface area contributed by atoms with Gasteiger partial charge in [-0.15, -0.1) is 0 Å². The first kappa shape index (κ1) is 38.4. The van der Waals surface area contributed by atoms with Gasteiger partial charge in [0.1, 0.15) is 7.30 Å². The van der Waals surface area contributed by atoms with Gasteiger partial charge in [-0.2, -0.15) is 0 Å². The maximum atomic E-state index is 7.58. The lowest BCUT2D eigenvalue weighted by Gasteiger charge is -2.24. The summed E-state index contributed by atoms with van der Waals surface area (Å²) in [6, 6.07) is 20.5. The van der Waals surface area contributed by atoms with Gasteiger partial charge in [0.2, 0.25) is 0 Å². The molecule has 0 aliphatic rings. The fourth-order valence-electron chi connectivity index (χ4n) is 6.60. The molecule has 4 aromatic rings. The molecule has 2 atom stereocenters. The SMILES string of the molecule is C[PH2+]P(P=c1n(-c2c(C(C)C)cccc2C(C)C)c(Cl)c(Cl)n1-c1c(C(C)C)cccc1C(C)C)c1c(C(C)C)cccc1C(C)C. The topological polar surface area (TPSA) is 9.86 Å². The van der Waals surface area contributed by atoms with E-state index in [0.717, 1.165) is 0 Å². The minimum Gasteiger partial charge on any atom is -0.279 e. The largest absolute Gasteiger partial charge is 0.279 e. The van der Waals surface area contributed by atoms with Crippen molar-refractivity contribution >= 4 is 52.0 Å². The molecule has 0 N–H and O–H groups in total. The molecular formula is C40H56Cl2N2P3+. The summed E-state index contributed by atoms with van der Waals surface area (Å²) < 4.78 is 4.71. The summed E-state index contributed by atoms with van der Waals surface area (Å²) in [5, 5.41) is 3.94. The van der Waals surface area contributed by atoms with Crippen molar-refractivity contribution in [1.29, 1.82) is 0 Å². The summed E-state index contributed by atoms with van der Waals surface area (Å²) in [5.41, 5.74) is 10.6. The first-order valence-electron chi connectivity index (χ1n) is 17.3. The smallest absolute Gasteiger partial charge is 0.156 e. The number of aromatic nitrogens is 2. The summed E-state index contributed by atoms with van der Waals surface area (Å²) in [4.78, 5) is 0. The lowest BCUT2D eigenvalue weighted by molar-refractivity contribution is 0.785. The molecule has 4 rings (SSSR count). The lowest BCUT2D eigenvalue weighted by atomic mass is 9.92. The van der Waals surface area contributed by atoms with Gasteiger partial charge in [0, 0.05) is 28.1 Å². The first-order chi connectivity index (χ1) is 22.1. The van der Waals surface area contributed by atoms with Crippen molar-refractivity contribution in [2.45, 2.75) is 119 Å². The molecule has 0 saturated heterocycles. The highest BCUT2D eigenvalue weighted by molar-refractivity contribution is 8.52. The van der Waals surface area contributed by atoms with E-state index in [4.69, 9.17) is 23.2 Å². The Balaban J connectivity index is 2.34. The van der Waals surface area contributed by atoms with E-state index in [-0.39, 0.29) is 8.27 Å². The van der Waals surface area contributed by atoms with Crippen LogP contribution in [-0.4, -0.2) is 15.8 Å². The van der Waals surface area contributed by atoms with E-state index in [1.807, 2.05) is 0 Å². The van der Waals surface area contributed by atoms with Crippen LogP contribution < -0.4 is 5.30 Å². The predicted octanol–water partition coefficient (Wildman–Crippen LogP) is 14.5. The Kier molecular flexibility index (Phi) is 13.2. The molecule has 0 amide bonds. The minimum atomic E-state index is -0.552. The van der Waals surface area contributed by atoms with Crippen molar-refractivity contribution in [3.8, 4) is 11.4 Å². The van der Waals surface area contributed by atoms with E-state index in [1.54, 1.807) is 5.30 Å². The number of para-hydroxylation sites is 2. The van der Waals surface area contributed by atoms with E-state index in [0.29, 0.717) is 45.8 Å². The number of hydrogen-bond donors (Lipinski definition) is 0. The van der Waals surface area contributed by atoms with Crippen LogP contribution in [0.3, 0.4) is 0 Å². The lowest BCUT2D eigenvalue weighted by Crippen LogP contribution is -2.14. The van der Waals surface area contributed by atoms with Gasteiger partial charge < -0.3 is 0 Å². The normalized spacial score (nSPS) is 13.3. The third kappa shape index (κ3) is 7.69. The molecule has 0 spiro atoms. The Morgan fingerprint density at radius 3 is 1.04 bits per heavy atom. The predicted molar refractivity (Wildman–Crippen MR) is 218 cm³/mol. The Labute approximate surface area is 299 Å². The third-order valence-electron chi connectivity index (χ3n) is 9.11. The van der Waals surface area contributed by atoms with Crippen LogP contribution in [0.1, 0.15) is 152 Å². The molecule has 1 aromatic heterocycles. The fourth-order valence-corrected chi connectivity index (χ4v) is 15.7. The molecule has 0 aliphatic heterocycles. The zero-order chi connectivity index (χ0) is 34.9. The van der Waals surface area contributed by atoms with Crippen molar-refractivity contribution < 1.29 is 0 Å². The third-order valence-corrected chi connectivity index (χ3v) is 19.3. The average molecular weight is 729 g/mol. The van der Waals surface area contributed by atoms with Crippen LogP contribution in [0.5, 0.6) is 0 Å². The Bertz CT molecular complexity index is 1610. The van der Waals surface area contributed by atoms with Crippen LogP contribution in [0.15, 0.2) is 54.6 Å². The van der Waals surface area contributed by atoms with Crippen LogP contribution in [0.2, 0.25) is 10.3 Å². The number of halogens is 2. The fraction of sp³-hybridized carbons (Fsp3) is 0.475. The van der Waals surface area contributed by atoms with Crippen LogP contribution in [-0.2, 0) is 0 Å². The number of rotatable bonds is 11. The van der Waals surface area contributed by atoms with Crippen molar-refractivity contribution in [1.82, 2.24) is 9.13 Å². The molecule has 0 fully saturated rings. The highest BCUT2D eigenvalue weighted by Gasteiger charge is 2.30. The highest BCUT2D eigenvalue weighted by Crippen LogP contribution is 2.66. The number of benzene rings is 3. The monoisotopic (exact) mass is 727 g/mol. The molecule has 2 nitrogen and oxygen atoms in total. The molecule has 0 bridgehead atoms. The zero-order valence-corrected chi connectivity index (χ0v) is 35.2. The molecular weight excluding hydrogens is 672 g/mol. The Morgan fingerprint density at radius 1 is 0.511 bits per heavy atom. The van der Waals surface area contributed by atoms with Gasteiger partial charge in [-0.3, -0.25) is 9.13 Å². The minimum absolute atomic E-state index is 0.138. The van der Waals surface area contributed by atoms with Gasteiger partial charge in [-0.25, -0.2) is 0 Å².